The summed E-state index contributed by atoms with van der Waals surface area (Å²) in [5.74, 6) is -0.251. The summed E-state index contributed by atoms with van der Waals surface area (Å²) >= 11 is 0. The highest BCUT2D eigenvalue weighted by atomic mass is 16.2. The summed E-state index contributed by atoms with van der Waals surface area (Å²) in [5, 5.41) is 2.89. The number of hydrogen-bond donors (Lipinski definition) is 2. The summed E-state index contributed by atoms with van der Waals surface area (Å²) in [5.41, 5.74) is 4.53. The molecule has 1 aromatic carbocycles. The van der Waals surface area contributed by atoms with E-state index in [-0.39, 0.29) is 11.7 Å². The average molecular weight is 326 g/mol. The van der Waals surface area contributed by atoms with Gasteiger partial charge in [0.2, 0.25) is 0 Å². The quantitative estimate of drug-likeness (QED) is 0.566. The van der Waals surface area contributed by atoms with Crippen LogP contribution in [-0.4, -0.2) is 16.7 Å². The molecule has 4 nitrogen and oxygen atoms in total. The van der Waals surface area contributed by atoms with Gasteiger partial charge in [0.1, 0.15) is 5.69 Å². The van der Waals surface area contributed by atoms with E-state index < -0.39 is 0 Å². The number of hydrogen-bond acceptors (Lipinski definition) is 2. The van der Waals surface area contributed by atoms with Crippen molar-refractivity contribution in [2.24, 2.45) is 0 Å². The molecule has 0 bridgehead atoms. The molecule has 2 N–H and O–H groups in total. The molecule has 0 saturated heterocycles. The molecule has 1 aromatic heterocycles. The van der Waals surface area contributed by atoms with Gasteiger partial charge in [-0.3, -0.25) is 9.59 Å². The molecule has 1 amide bonds. The molecular weight excluding hydrogens is 300 g/mol. The standard InChI is InChI=1S/C20H26N2O2/c1-5-6-7-8-16-9-11-17(12-10-16)22-20(24)19-13(2)18(15(4)23)14(3)21-19/h9-12,21H,5-8H2,1-4H3,(H,22,24). The van der Waals surface area contributed by atoms with Crippen molar-refractivity contribution in [2.75, 3.05) is 5.32 Å². The molecule has 0 saturated carbocycles. The van der Waals surface area contributed by atoms with Gasteiger partial charge in [0.15, 0.2) is 5.78 Å². The molecule has 1 heterocycles. The first kappa shape index (κ1) is 18.0. The fraction of sp³-hybridized carbons (Fsp3) is 0.400. The number of rotatable bonds is 7. The van der Waals surface area contributed by atoms with E-state index in [1.165, 1.54) is 31.7 Å². The van der Waals surface area contributed by atoms with E-state index in [0.29, 0.717) is 16.8 Å². The van der Waals surface area contributed by atoms with Crippen LogP contribution >= 0.6 is 0 Å². The van der Waals surface area contributed by atoms with E-state index in [9.17, 15) is 9.59 Å². The summed E-state index contributed by atoms with van der Waals surface area (Å²) in [7, 11) is 0. The molecule has 24 heavy (non-hydrogen) atoms. The van der Waals surface area contributed by atoms with Gasteiger partial charge < -0.3 is 10.3 Å². The van der Waals surface area contributed by atoms with Gasteiger partial charge in [0.25, 0.3) is 5.91 Å². The highest BCUT2D eigenvalue weighted by Gasteiger charge is 2.19. The maximum atomic E-state index is 12.5. The number of aromatic nitrogens is 1. The van der Waals surface area contributed by atoms with Gasteiger partial charge in [-0.2, -0.15) is 0 Å². The molecule has 0 spiro atoms. The van der Waals surface area contributed by atoms with Crippen molar-refractivity contribution in [1.29, 1.82) is 0 Å². The Kier molecular flexibility index (Phi) is 5.96. The van der Waals surface area contributed by atoms with E-state index >= 15 is 0 Å². The first-order valence-electron chi connectivity index (χ1n) is 8.54. The van der Waals surface area contributed by atoms with Crippen molar-refractivity contribution in [1.82, 2.24) is 4.98 Å². The van der Waals surface area contributed by atoms with E-state index in [1.54, 1.807) is 6.92 Å². The number of amides is 1. The van der Waals surface area contributed by atoms with Crippen LogP contribution in [0.25, 0.3) is 0 Å². The maximum absolute atomic E-state index is 12.5. The van der Waals surface area contributed by atoms with Crippen LogP contribution < -0.4 is 5.32 Å². The molecule has 2 rings (SSSR count). The van der Waals surface area contributed by atoms with Crippen LogP contribution in [0.2, 0.25) is 0 Å². The molecule has 0 fully saturated rings. The highest BCUT2D eigenvalue weighted by Crippen LogP contribution is 2.20. The molecule has 0 aliphatic carbocycles. The number of unbranched alkanes of at least 4 members (excludes halogenated alkanes) is 2. The molecule has 128 valence electrons. The SMILES string of the molecule is CCCCCc1ccc(NC(=O)c2[nH]c(C)c(C(C)=O)c2C)cc1. The van der Waals surface area contributed by atoms with Gasteiger partial charge in [-0.05, 0) is 56.9 Å². The molecule has 0 radical (unpaired) electrons. The predicted octanol–water partition coefficient (Wildman–Crippen LogP) is 4.82. The largest absolute Gasteiger partial charge is 0.354 e. The summed E-state index contributed by atoms with van der Waals surface area (Å²) in [6.07, 6.45) is 4.71. The Morgan fingerprint density at radius 2 is 1.75 bits per heavy atom. The fourth-order valence-corrected chi connectivity index (χ4v) is 3.03. The number of nitrogens with one attached hydrogen (secondary N) is 2. The van der Waals surface area contributed by atoms with Crippen LogP contribution in [0.1, 0.15) is 70.8 Å². The van der Waals surface area contributed by atoms with Crippen LogP contribution in [-0.2, 0) is 6.42 Å². The lowest BCUT2D eigenvalue weighted by atomic mass is 10.1. The Morgan fingerprint density at radius 1 is 1.08 bits per heavy atom. The maximum Gasteiger partial charge on any atom is 0.272 e. The topological polar surface area (TPSA) is 62.0 Å². The molecular formula is C20H26N2O2. The zero-order chi connectivity index (χ0) is 17.7. The number of H-pyrrole nitrogens is 1. The second kappa shape index (κ2) is 7.95. The van der Waals surface area contributed by atoms with E-state index in [2.05, 4.69) is 29.4 Å². The van der Waals surface area contributed by atoms with Crippen LogP contribution in [0.5, 0.6) is 0 Å². The normalized spacial score (nSPS) is 10.7. The lowest BCUT2D eigenvalue weighted by Crippen LogP contribution is -2.13. The predicted molar refractivity (Wildman–Crippen MR) is 97.9 cm³/mol. The molecule has 0 aliphatic rings. The minimum absolute atomic E-state index is 0.0308. The van der Waals surface area contributed by atoms with Crippen molar-refractivity contribution in [3.05, 3.63) is 52.3 Å². The summed E-state index contributed by atoms with van der Waals surface area (Å²) in [6, 6.07) is 7.96. The minimum atomic E-state index is -0.221. The number of Topliss-reactive ketones (excluding diaryl/α,β-unsaturated/α-hetero) is 1. The van der Waals surface area contributed by atoms with Crippen LogP contribution in [0.3, 0.4) is 0 Å². The summed E-state index contributed by atoms with van der Waals surface area (Å²) < 4.78 is 0. The van der Waals surface area contributed by atoms with Gasteiger partial charge in [-0.15, -0.1) is 0 Å². The molecule has 2 aromatic rings. The Hall–Kier alpha value is -2.36. The zero-order valence-corrected chi connectivity index (χ0v) is 15.0. The molecule has 0 unspecified atom stereocenters. The third-order valence-electron chi connectivity index (χ3n) is 4.30. The zero-order valence-electron chi connectivity index (χ0n) is 15.0. The minimum Gasteiger partial charge on any atom is -0.354 e. The second-order valence-corrected chi connectivity index (χ2v) is 6.29. The summed E-state index contributed by atoms with van der Waals surface area (Å²) in [4.78, 5) is 27.2. The number of carbonyl (C=O) groups excluding carboxylic acids is 2. The van der Waals surface area contributed by atoms with Crippen molar-refractivity contribution in [3.63, 3.8) is 0 Å². The van der Waals surface area contributed by atoms with Crippen LogP contribution in [0.4, 0.5) is 5.69 Å². The van der Waals surface area contributed by atoms with Crippen LogP contribution in [0, 0.1) is 13.8 Å². The van der Waals surface area contributed by atoms with Gasteiger partial charge in [-0.25, -0.2) is 0 Å². The molecule has 0 aliphatic heterocycles. The van der Waals surface area contributed by atoms with Gasteiger partial charge in [0, 0.05) is 16.9 Å². The number of benzene rings is 1. The van der Waals surface area contributed by atoms with E-state index in [1.807, 2.05) is 19.1 Å². The van der Waals surface area contributed by atoms with E-state index in [4.69, 9.17) is 0 Å². The van der Waals surface area contributed by atoms with Crippen molar-refractivity contribution >= 4 is 17.4 Å². The third-order valence-corrected chi connectivity index (χ3v) is 4.30. The summed E-state index contributed by atoms with van der Waals surface area (Å²) in [6.45, 7) is 7.32. The lowest BCUT2D eigenvalue weighted by molar-refractivity contribution is 0.101. The molecule has 0 atom stereocenters. The van der Waals surface area contributed by atoms with Gasteiger partial charge >= 0.3 is 0 Å². The van der Waals surface area contributed by atoms with Crippen molar-refractivity contribution in [2.45, 2.75) is 53.4 Å². The number of carbonyl (C=O) groups is 2. The first-order valence-corrected chi connectivity index (χ1v) is 8.54. The number of aryl methyl sites for hydroxylation is 2. The Bertz CT molecular complexity index is 727. The lowest BCUT2D eigenvalue weighted by Gasteiger charge is -2.07. The number of ketones is 1. The highest BCUT2D eigenvalue weighted by molar-refractivity contribution is 6.07. The van der Waals surface area contributed by atoms with Crippen LogP contribution in [0.15, 0.2) is 24.3 Å². The van der Waals surface area contributed by atoms with E-state index in [0.717, 1.165) is 17.8 Å². The fourth-order valence-electron chi connectivity index (χ4n) is 3.03. The number of anilines is 1. The van der Waals surface area contributed by atoms with Gasteiger partial charge in [-0.1, -0.05) is 31.9 Å². The average Bonchev–Trinajstić information content (AvgIpc) is 2.84. The second-order valence-electron chi connectivity index (χ2n) is 6.29. The number of aromatic amines is 1. The monoisotopic (exact) mass is 326 g/mol. The Balaban J connectivity index is 2.07. The van der Waals surface area contributed by atoms with Crippen molar-refractivity contribution < 1.29 is 9.59 Å². The first-order chi connectivity index (χ1) is 11.4. The Morgan fingerprint density at radius 3 is 2.29 bits per heavy atom. The Labute approximate surface area is 143 Å². The molecule has 4 heteroatoms. The van der Waals surface area contributed by atoms with Crippen molar-refractivity contribution in [3.8, 4) is 0 Å². The van der Waals surface area contributed by atoms with Gasteiger partial charge in [0.05, 0.1) is 0 Å². The third kappa shape index (κ3) is 4.13. The smallest absolute Gasteiger partial charge is 0.272 e.